The first-order valence-corrected chi connectivity index (χ1v) is 11.4. The third-order valence-corrected chi connectivity index (χ3v) is 6.23. The quantitative estimate of drug-likeness (QED) is 0.589. The molecule has 0 aliphatic carbocycles. The lowest BCUT2D eigenvalue weighted by molar-refractivity contribution is 0.0706. The van der Waals surface area contributed by atoms with Crippen LogP contribution >= 0.6 is 0 Å². The van der Waals surface area contributed by atoms with Crippen molar-refractivity contribution in [2.45, 2.75) is 38.6 Å². The molecular weight excluding hydrogens is 396 g/mol. The second-order valence-electron chi connectivity index (χ2n) is 8.43. The lowest BCUT2D eigenvalue weighted by atomic mass is 9.89. The minimum Gasteiger partial charge on any atom is -0.348 e. The van der Waals surface area contributed by atoms with Gasteiger partial charge in [-0.1, -0.05) is 61.5 Å². The molecule has 1 aliphatic heterocycles. The van der Waals surface area contributed by atoms with Gasteiger partial charge in [0.15, 0.2) is 0 Å². The van der Waals surface area contributed by atoms with E-state index in [4.69, 9.17) is 0 Å². The van der Waals surface area contributed by atoms with E-state index in [-0.39, 0.29) is 17.7 Å². The molecule has 0 bridgehead atoms. The monoisotopic (exact) mass is 426 g/mol. The Labute approximate surface area is 190 Å². The molecule has 2 amide bonds. The molecule has 0 aromatic heterocycles. The summed E-state index contributed by atoms with van der Waals surface area (Å²) in [5, 5.41) is 3.00. The Bertz CT molecular complexity index is 1060. The Kier molecular flexibility index (Phi) is 7.00. The standard InChI is InChI=1S/C28H30N2O2/c1-2-21-13-15-23(16-14-21)28(32)30-17-7-12-26(20-30)24-10-6-11-25(18-24)27(31)29-19-22-8-4-3-5-9-22/h3-6,8-11,13-16,18,26H,2,7,12,17,19-20H2,1H3,(H,29,31)/t26-/m1/s1. The van der Waals surface area contributed by atoms with Gasteiger partial charge in [0.05, 0.1) is 0 Å². The second-order valence-corrected chi connectivity index (χ2v) is 8.43. The maximum Gasteiger partial charge on any atom is 0.253 e. The van der Waals surface area contributed by atoms with Gasteiger partial charge >= 0.3 is 0 Å². The van der Waals surface area contributed by atoms with Gasteiger partial charge in [0, 0.05) is 36.7 Å². The van der Waals surface area contributed by atoms with E-state index < -0.39 is 0 Å². The number of piperidine rings is 1. The summed E-state index contributed by atoms with van der Waals surface area (Å²) in [5.41, 5.74) is 4.84. The predicted molar refractivity (Wildman–Crippen MR) is 128 cm³/mol. The summed E-state index contributed by atoms with van der Waals surface area (Å²) >= 11 is 0. The zero-order valence-electron chi connectivity index (χ0n) is 18.6. The average molecular weight is 427 g/mol. The zero-order valence-corrected chi connectivity index (χ0v) is 18.6. The van der Waals surface area contributed by atoms with Gasteiger partial charge in [-0.05, 0) is 60.2 Å². The van der Waals surface area contributed by atoms with Crippen molar-refractivity contribution in [2.24, 2.45) is 0 Å². The smallest absolute Gasteiger partial charge is 0.253 e. The molecule has 0 unspecified atom stereocenters. The first kappa shape index (κ1) is 21.8. The van der Waals surface area contributed by atoms with Crippen molar-refractivity contribution < 1.29 is 9.59 Å². The maximum absolute atomic E-state index is 13.0. The largest absolute Gasteiger partial charge is 0.348 e. The first-order valence-electron chi connectivity index (χ1n) is 11.4. The number of carbonyl (C=O) groups excluding carboxylic acids is 2. The molecule has 0 radical (unpaired) electrons. The van der Waals surface area contributed by atoms with Crippen molar-refractivity contribution in [3.05, 3.63) is 107 Å². The van der Waals surface area contributed by atoms with Crippen LogP contribution in [0, 0.1) is 0 Å². The normalized spacial score (nSPS) is 15.9. The van der Waals surface area contributed by atoms with Crippen LogP contribution in [0.3, 0.4) is 0 Å². The fourth-order valence-electron chi connectivity index (χ4n) is 4.31. The van der Waals surface area contributed by atoms with E-state index in [1.54, 1.807) is 0 Å². The third-order valence-electron chi connectivity index (χ3n) is 6.23. The van der Waals surface area contributed by atoms with Crippen molar-refractivity contribution in [3.8, 4) is 0 Å². The van der Waals surface area contributed by atoms with Crippen LogP contribution in [0.2, 0.25) is 0 Å². The summed E-state index contributed by atoms with van der Waals surface area (Å²) < 4.78 is 0. The number of nitrogens with zero attached hydrogens (tertiary/aromatic N) is 1. The highest BCUT2D eigenvalue weighted by molar-refractivity contribution is 5.95. The molecule has 4 heteroatoms. The number of carbonyl (C=O) groups is 2. The molecule has 164 valence electrons. The number of aryl methyl sites for hydroxylation is 1. The van der Waals surface area contributed by atoms with E-state index in [1.807, 2.05) is 77.7 Å². The van der Waals surface area contributed by atoms with Crippen molar-refractivity contribution >= 4 is 11.8 Å². The van der Waals surface area contributed by atoms with Gasteiger partial charge in [0.2, 0.25) is 0 Å². The Morgan fingerprint density at radius 2 is 1.69 bits per heavy atom. The summed E-state index contributed by atoms with van der Waals surface area (Å²) in [4.78, 5) is 27.7. The minimum absolute atomic E-state index is 0.0736. The fraction of sp³-hybridized carbons (Fsp3) is 0.286. The minimum atomic E-state index is -0.0736. The number of hydrogen-bond donors (Lipinski definition) is 1. The summed E-state index contributed by atoms with van der Waals surface area (Å²) in [6, 6.07) is 25.7. The van der Waals surface area contributed by atoms with E-state index in [2.05, 4.69) is 18.3 Å². The first-order chi connectivity index (χ1) is 15.6. The van der Waals surface area contributed by atoms with Gasteiger partial charge in [0.1, 0.15) is 0 Å². The van der Waals surface area contributed by atoms with E-state index in [1.165, 1.54) is 5.56 Å². The van der Waals surface area contributed by atoms with Crippen LogP contribution in [-0.4, -0.2) is 29.8 Å². The van der Waals surface area contributed by atoms with Gasteiger partial charge in [-0.3, -0.25) is 9.59 Å². The predicted octanol–water partition coefficient (Wildman–Crippen LogP) is 5.20. The van der Waals surface area contributed by atoms with Gasteiger partial charge in [0.25, 0.3) is 11.8 Å². The lowest BCUT2D eigenvalue weighted by Crippen LogP contribution is -2.39. The molecule has 1 N–H and O–H groups in total. The van der Waals surface area contributed by atoms with Crippen LogP contribution in [0.25, 0.3) is 0 Å². The molecule has 32 heavy (non-hydrogen) atoms. The molecule has 1 aliphatic rings. The summed E-state index contributed by atoms with van der Waals surface area (Å²) in [5.74, 6) is 0.258. The van der Waals surface area contributed by atoms with Crippen LogP contribution in [0.5, 0.6) is 0 Å². The number of amides is 2. The fourth-order valence-corrected chi connectivity index (χ4v) is 4.31. The molecule has 0 saturated carbocycles. The molecule has 3 aromatic rings. The highest BCUT2D eigenvalue weighted by Crippen LogP contribution is 2.28. The SMILES string of the molecule is CCc1ccc(C(=O)N2CCC[C@@H](c3cccc(C(=O)NCc4ccccc4)c3)C2)cc1. The van der Waals surface area contributed by atoms with Crippen LogP contribution < -0.4 is 5.32 Å². The molecule has 0 spiro atoms. The molecule has 4 nitrogen and oxygen atoms in total. The highest BCUT2D eigenvalue weighted by atomic mass is 16.2. The third kappa shape index (κ3) is 5.25. The molecule has 1 atom stereocenters. The Morgan fingerprint density at radius 1 is 0.906 bits per heavy atom. The number of nitrogens with one attached hydrogen (secondary N) is 1. The van der Waals surface area contributed by atoms with Crippen molar-refractivity contribution in [3.63, 3.8) is 0 Å². The van der Waals surface area contributed by atoms with Gasteiger partial charge < -0.3 is 10.2 Å². The average Bonchev–Trinajstić information content (AvgIpc) is 2.87. The molecule has 3 aromatic carbocycles. The lowest BCUT2D eigenvalue weighted by Gasteiger charge is -2.33. The maximum atomic E-state index is 13.0. The van der Waals surface area contributed by atoms with Gasteiger partial charge in [-0.15, -0.1) is 0 Å². The molecule has 1 heterocycles. The molecule has 1 fully saturated rings. The summed E-state index contributed by atoms with van der Waals surface area (Å²) in [7, 11) is 0. The van der Waals surface area contributed by atoms with Crippen molar-refractivity contribution in [1.82, 2.24) is 10.2 Å². The van der Waals surface area contributed by atoms with Crippen LogP contribution in [0.1, 0.15) is 63.1 Å². The number of rotatable bonds is 6. The van der Waals surface area contributed by atoms with Gasteiger partial charge in [-0.25, -0.2) is 0 Å². The Balaban J connectivity index is 1.41. The summed E-state index contributed by atoms with van der Waals surface area (Å²) in [6.07, 6.45) is 2.96. The van der Waals surface area contributed by atoms with E-state index >= 15 is 0 Å². The van der Waals surface area contributed by atoms with Crippen molar-refractivity contribution in [2.75, 3.05) is 13.1 Å². The van der Waals surface area contributed by atoms with E-state index in [0.717, 1.165) is 42.5 Å². The number of benzene rings is 3. The molecule has 4 rings (SSSR count). The highest BCUT2D eigenvalue weighted by Gasteiger charge is 2.26. The Morgan fingerprint density at radius 3 is 2.44 bits per heavy atom. The van der Waals surface area contributed by atoms with Crippen LogP contribution in [0.15, 0.2) is 78.9 Å². The zero-order chi connectivity index (χ0) is 22.3. The van der Waals surface area contributed by atoms with Crippen LogP contribution in [-0.2, 0) is 13.0 Å². The topological polar surface area (TPSA) is 49.4 Å². The van der Waals surface area contributed by atoms with E-state index in [9.17, 15) is 9.59 Å². The van der Waals surface area contributed by atoms with Gasteiger partial charge in [-0.2, -0.15) is 0 Å². The van der Waals surface area contributed by atoms with E-state index in [0.29, 0.717) is 18.7 Å². The van der Waals surface area contributed by atoms with Crippen molar-refractivity contribution in [1.29, 1.82) is 0 Å². The number of likely N-dealkylation sites (tertiary alicyclic amines) is 1. The molecule has 1 saturated heterocycles. The number of hydrogen-bond acceptors (Lipinski definition) is 2. The van der Waals surface area contributed by atoms with Crippen LogP contribution in [0.4, 0.5) is 0 Å². The Hall–Kier alpha value is -3.40. The molecular formula is C28H30N2O2. The summed E-state index contributed by atoms with van der Waals surface area (Å²) in [6.45, 7) is 4.08. The second kappa shape index (κ2) is 10.3.